The quantitative estimate of drug-likeness (QED) is 0.686. The number of rotatable bonds is 0. The number of hydrogen-bond donors (Lipinski definition) is 1. The lowest BCUT2D eigenvalue weighted by molar-refractivity contribution is 0.629. The molecule has 1 N–H and O–H groups in total. The van der Waals surface area contributed by atoms with Crippen LogP contribution in [0, 0.1) is 5.82 Å². The van der Waals surface area contributed by atoms with Crippen molar-refractivity contribution in [1.29, 1.82) is 0 Å². The standard InChI is InChI=1S/C11H9FN2/c12-9-1-2-10-8(6-9)5-7-3-4-13-11(7)14-10/h1-2,5-6H,3-4H2,(H,13,14). The van der Waals surface area contributed by atoms with Crippen LogP contribution in [0.4, 0.5) is 10.2 Å². The van der Waals surface area contributed by atoms with Crippen molar-refractivity contribution in [2.75, 3.05) is 11.9 Å². The molecule has 3 rings (SSSR count). The molecule has 0 unspecified atom stereocenters. The summed E-state index contributed by atoms with van der Waals surface area (Å²) in [6.45, 7) is 0.932. The summed E-state index contributed by atoms with van der Waals surface area (Å²) in [5, 5.41) is 4.08. The Morgan fingerprint density at radius 1 is 1.29 bits per heavy atom. The highest BCUT2D eigenvalue weighted by molar-refractivity contribution is 5.82. The predicted octanol–water partition coefficient (Wildman–Crippen LogP) is 2.34. The van der Waals surface area contributed by atoms with Crippen molar-refractivity contribution in [3.8, 4) is 0 Å². The van der Waals surface area contributed by atoms with Gasteiger partial charge in [0.25, 0.3) is 0 Å². The number of aromatic nitrogens is 1. The molecule has 0 saturated carbocycles. The number of hydrogen-bond acceptors (Lipinski definition) is 2. The van der Waals surface area contributed by atoms with Crippen molar-refractivity contribution in [3.05, 3.63) is 35.6 Å². The summed E-state index contributed by atoms with van der Waals surface area (Å²) < 4.78 is 12.9. The molecule has 1 aromatic carbocycles. The monoisotopic (exact) mass is 188 g/mol. The molecule has 0 bridgehead atoms. The molecule has 1 aliphatic heterocycles. The van der Waals surface area contributed by atoms with Crippen LogP contribution < -0.4 is 5.32 Å². The molecule has 2 heterocycles. The minimum atomic E-state index is -0.204. The van der Waals surface area contributed by atoms with Gasteiger partial charge < -0.3 is 5.32 Å². The van der Waals surface area contributed by atoms with Gasteiger partial charge in [0.2, 0.25) is 0 Å². The number of halogens is 1. The van der Waals surface area contributed by atoms with Crippen LogP contribution in [-0.4, -0.2) is 11.5 Å². The molecule has 0 aliphatic carbocycles. The second kappa shape index (κ2) is 2.67. The topological polar surface area (TPSA) is 24.9 Å². The highest BCUT2D eigenvalue weighted by Crippen LogP contribution is 2.24. The third kappa shape index (κ3) is 1.05. The maximum Gasteiger partial charge on any atom is 0.129 e. The van der Waals surface area contributed by atoms with Gasteiger partial charge in [-0.3, -0.25) is 0 Å². The zero-order chi connectivity index (χ0) is 9.54. The molecule has 14 heavy (non-hydrogen) atoms. The van der Waals surface area contributed by atoms with Gasteiger partial charge in [0.15, 0.2) is 0 Å². The number of nitrogens with one attached hydrogen (secondary N) is 1. The van der Waals surface area contributed by atoms with Crippen molar-refractivity contribution in [3.63, 3.8) is 0 Å². The summed E-state index contributed by atoms with van der Waals surface area (Å²) in [6, 6.07) is 6.70. The van der Waals surface area contributed by atoms with E-state index in [0.29, 0.717) is 0 Å². The Morgan fingerprint density at radius 3 is 3.14 bits per heavy atom. The normalized spacial score (nSPS) is 14.1. The Labute approximate surface area is 80.8 Å². The van der Waals surface area contributed by atoms with Crippen molar-refractivity contribution >= 4 is 16.7 Å². The summed E-state index contributed by atoms with van der Waals surface area (Å²) in [5.74, 6) is 0.745. The lowest BCUT2D eigenvalue weighted by Crippen LogP contribution is -1.93. The molecule has 0 amide bonds. The summed E-state index contributed by atoms with van der Waals surface area (Å²) in [5.41, 5.74) is 2.03. The lowest BCUT2D eigenvalue weighted by Gasteiger charge is -2.02. The second-order valence-electron chi connectivity index (χ2n) is 3.51. The number of benzene rings is 1. The van der Waals surface area contributed by atoms with Gasteiger partial charge in [0.1, 0.15) is 11.6 Å². The fourth-order valence-corrected chi connectivity index (χ4v) is 1.85. The van der Waals surface area contributed by atoms with Crippen LogP contribution in [0.25, 0.3) is 10.9 Å². The summed E-state index contributed by atoms with van der Waals surface area (Å²) in [4.78, 5) is 4.42. The smallest absolute Gasteiger partial charge is 0.129 e. The van der Waals surface area contributed by atoms with E-state index in [4.69, 9.17) is 0 Å². The highest BCUT2D eigenvalue weighted by atomic mass is 19.1. The first kappa shape index (κ1) is 7.74. The number of anilines is 1. The molecule has 1 aromatic heterocycles. The molecule has 1 aliphatic rings. The van der Waals surface area contributed by atoms with Gasteiger partial charge in [0, 0.05) is 11.9 Å². The predicted molar refractivity (Wildman–Crippen MR) is 53.9 cm³/mol. The van der Waals surface area contributed by atoms with Crippen LogP contribution in [-0.2, 0) is 6.42 Å². The molecular formula is C11H9FN2. The van der Waals surface area contributed by atoms with E-state index < -0.39 is 0 Å². The molecule has 0 atom stereocenters. The van der Waals surface area contributed by atoms with Crippen LogP contribution in [0.5, 0.6) is 0 Å². The van der Waals surface area contributed by atoms with E-state index in [1.54, 1.807) is 6.07 Å². The fraction of sp³-hybridized carbons (Fsp3) is 0.182. The van der Waals surface area contributed by atoms with E-state index in [0.717, 1.165) is 29.7 Å². The molecule has 2 aromatic rings. The molecule has 70 valence electrons. The van der Waals surface area contributed by atoms with E-state index in [2.05, 4.69) is 10.3 Å². The summed E-state index contributed by atoms with van der Waals surface area (Å²) in [6.07, 6.45) is 0.981. The highest BCUT2D eigenvalue weighted by Gasteiger charge is 2.12. The van der Waals surface area contributed by atoms with Crippen molar-refractivity contribution in [2.45, 2.75) is 6.42 Å². The van der Waals surface area contributed by atoms with E-state index in [1.165, 1.54) is 17.7 Å². The summed E-state index contributed by atoms with van der Waals surface area (Å²) >= 11 is 0. The van der Waals surface area contributed by atoms with Crippen molar-refractivity contribution < 1.29 is 4.39 Å². The third-order valence-electron chi connectivity index (χ3n) is 2.54. The molecule has 0 radical (unpaired) electrons. The molecule has 0 spiro atoms. The average molecular weight is 188 g/mol. The van der Waals surface area contributed by atoms with Crippen LogP contribution in [0.3, 0.4) is 0 Å². The molecular weight excluding hydrogens is 179 g/mol. The molecule has 2 nitrogen and oxygen atoms in total. The Kier molecular flexibility index (Phi) is 1.48. The van der Waals surface area contributed by atoms with Gasteiger partial charge >= 0.3 is 0 Å². The average Bonchev–Trinajstić information content (AvgIpc) is 2.61. The Balaban J connectivity index is 2.33. The number of fused-ring (bicyclic) bond motifs is 2. The van der Waals surface area contributed by atoms with E-state index in [-0.39, 0.29) is 5.82 Å². The van der Waals surface area contributed by atoms with Crippen LogP contribution in [0.2, 0.25) is 0 Å². The SMILES string of the molecule is Fc1ccc2nc3c(cc2c1)CCN3. The van der Waals surface area contributed by atoms with Crippen molar-refractivity contribution in [2.24, 2.45) is 0 Å². The maximum atomic E-state index is 12.9. The Morgan fingerprint density at radius 2 is 2.21 bits per heavy atom. The minimum absolute atomic E-state index is 0.204. The van der Waals surface area contributed by atoms with Gasteiger partial charge in [-0.05, 0) is 36.2 Å². The maximum absolute atomic E-state index is 12.9. The zero-order valence-corrected chi connectivity index (χ0v) is 7.55. The Bertz CT molecular complexity index is 508. The van der Waals surface area contributed by atoms with E-state index in [9.17, 15) is 4.39 Å². The second-order valence-corrected chi connectivity index (χ2v) is 3.51. The van der Waals surface area contributed by atoms with Gasteiger partial charge in [-0.15, -0.1) is 0 Å². The first-order chi connectivity index (χ1) is 6.83. The van der Waals surface area contributed by atoms with Crippen molar-refractivity contribution in [1.82, 2.24) is 4.98 Å². The molecule has 0 saturated heterocycles. The van der Waals surface area contributed by atoms with Gasteiger partial charge in [-0.2, -0.15) is 0 Å². The first-order valence-corrected chi connectivity index (χ1v) is 4.66. The van der Waals surface area contributed by atoms with Crippen LogP contribution in [0.15, 0.2) is 24.3 Å². The lowest BCUT2D eigenvalue weighted by atomic mass is 10.1. The zero-order valence-electron chi connectivity index (χ0n) is 7.55. The number of pyridine rings is 1. The van der Waals surface area contributed by atoms with Crippen LogP contribution >= 0.6 is 0 Å². The van der Waals surface area contributed by atoms with Gasteiger partial charge in [-0.1, -0.05) is 0 Å². The van der Waals surface area contributed by atoms with E-state index >= 15 is 0 Å². The Hall–Kier alpha value is -1.64. The van der Waals surface area contributed by atoms with Gasteiger partial charge in [0.05, 0.1) is 5.52 Å². The number of nitrogens with zero attached hydrogens (tertiary/aromatic N) is 1. The molecule has 0 fully saturated rings. The minimum Gasteiger partial charge on any atom is -0.369 e. The summed E-state index contributed by atoms with van der Waals surface area (Å²) in [7, 11) is 0. The molecule has 3 heteroatoms. The first-order valence-electron chi connectivity index (χ1n) is 4.66. The van der Waals surface area contributed by atoms with Gasteiger partial charge in [-0.25, -0.2) is 9.37 Å². The third-order valence-corrected chi connectivity index (χ3v) is 2.54. The fourth-order valence-electron chi connectivity index (χ4n) is 1.85. The largest absolute Gasteiger partial charge is 0.369 e. The van der Waals surface area contributed by atoms with Crippen LogP contribution in [0.1, 0.15) is 5.56 Å². The van der Waals surface area contributed by atoms with E-state index in [1.807, 2.05) is 6.07 Å².